The summed E-state index contributed by atoms with van der Waals surface area (Å²) in [6, 6.07) is 8.62. The molecular formula is C14H20N4O. The van der Waals surface area contributed by atoms with Gasteiger partial charge in [-0.2, -0.15) is 0 Å². The fourth-order valence-electron chi connectivity index (χ4n) is 2.67. The first-order valence-electron chi connectivity index (χ1n) is 6.95. The molecule has 2 aliphatic heterocycles. The highest BCUT2D eigenvalue weighted by molar-refractivity contribution is 5.94. The summed E-state index contributed by atoms with van der Waals surface area (Å²) in [5, 5.41) is 9.73. The lowest BCUT2D eigenvalue weighted by atomic mass is 10.1. The van der Waals surface area contributed by atoms with E-state index in [1.807, 2.05) is 12.1 Å². The fraction of sp³-hybridized carbons (Fsp3) is 0.500. The lowest BCUT2D eigenvalue weighted by Crippen LogP contribution is -2.38. The van der Waals surface area contributed by atoms with Gasteiger partial charge < -0.3 is 16.0 Å². The lowest BCUT2D eigenvalue weighted by Gasteiger charge is -2.25. The first kappa shape index (κ1) is 12.3. The molecule has 2 amide bonds. The predicted molar refractivity (Wildman–Crippen MR) is 76.7 cm³/mol. The molecule has 5 nitrogen and oxygen atoms in total. The number of hydrogen-bond donors (Lipinski definition) is 3. The van der Waals surface area contributed by atoms with Gasteiger partial charge in [-0.05, 0) is 43.7 Å². The average Bonchev–Trinajstić information content (AvgIpc) is 2.87. The number of anilines is 2. The van der Waals surface area contributed by atoms with E-state index in [0.717, 1.165) is 37.6 Å². The molecule has 0 spiro atoms. The topological polar surface area (TPSA) is 56.4 Å². The van der Waals surface area contributed by atoms with Gasteiger partial charge in [-0.15, -0.1) is 0 Å². The number of urea groups is 1. The van der Waals surface area contributed by atoms with Crippen LogP contribution >= 0.6 is 0 Å². The number of carbonyl (C=O) groups is 1. The third-order valence-electron chi connectivity index (χ3n) is 3.70. The summed E-state index contributed by atoms with van der Waals surface area (Å²) in [5.74, 6) is 0. The Kier molecular flexibility index (Phi) is 3.55. The molecule has 0 saturated carbocycles. The van der Waals surface area contributed by atoms with Gasteiger partial charge in [0.1, 0.15) is 0 Å². The van der Waals surface area contributed by atoms with E-state index in [4.69, 9.17) is 0 Å². The summed E-state index contributed by atoms with van der Waals surface area (Å²) in [6.07, 6.45) is 2.44. The molecule has 1 atom stereocenters. The smallest absolute Gasteiger partial charge is 0.321 e. The number of amides is 2. The second kappa shape index (κ2) is 5.48. The van der Waals surface area contributed by atoms with Crippen LogP contribution in [0.4, 0.5) is 16.2 Å². The standard InChI is InChI=1S/C14H20N4O/c19-14-16-8-9-18(14)13-5-3-11(4-6-13)17-12-2-1-7-15-10-12/h3-6,12,15,17H,1-2,7-10H2,(H,16,19). The highest BCUT2D eigenvalue weighted by atomic mass is 16.2. The quantitative estimate of drug-likeness (QED) is 0.769. The van der Waals surface area contributed by atoms with Gasteiger partial charge in [0.25, 0.3) is 0 Å². The number of piperidine rings is 1. The third kappa shape index (κ3) is 2.81. The number of benzene rings is 1. The number of hydrogen-bond acceptors (Lipinski definition) is 3. The molecule has 5 heteroatoms. The highest BCUT2D eigenvalue weighted by Gasteiger charge is 2.20. The molecule has 102 valence electrons. The SMILES string of the molecule is O=C1NCCN1c1ccc(NC2CCCNC2)cc1. The maximum atomic E-state index is 11.6. The largest absolute Gasteiger partial charge is 0.381 e. The molecule has 0 bridgehead atoms. The number of carbonyl (C=O) groups excluding carboxylic acids is 1. The Bertz CT molecular complexity index is 439. The van der Waals surface area contributed by atoms with Gasteiger partial charge >= 0.3 is 6.03 Å². The van der Waals surface area contributed by atoms with Crippen LogP contribution in [0.5, 0.6) is 0 Å². The van der Waals surface area contributed by atoms with Gasteiger partial charge in [0.15, 0.2) is 0 Å². The first-order chi connectivity index (χ1) is 9.33. The molecular weight excluding hydrogens is 240 g/mol. The van der Waals surface area contributed by atoms with Crippen LogP contribution in [0.1, 0.15) is 12.8 Å². The van der Waals surface area contributed by atoms with Gasteiger partial charge in [0, 0.05) is 37.1 Å². The number of rotatable bonds is 3. The maximum Gasteiger partial charge on any atom is 0.321 e. The highest BCUT2D eigenvalue weighted by Crippen LogP contribution is 2.20. The van der Waals surface area contributed by atoms with Crippen molar-refractivity contribution in [3.8, 4) is 0 Å². The summed E-state index contributed by atoms with van der Waals surface area (Å²) in [7, 11) is 0. The second-order valence-corrected chi connectivity index (χ2v) is 5.12. The van der Waals surface area contributed by atoms with Crippen molar-refractivity contribution in [2.24, 2.45) is 0 Å². The number of nitrogens with zero attached hydrogens (tertiary/aromatic N) is 1. The van der Waals surface area contributed by atoms with Crippen molar-refractivity contribution >= 4 is 17.4 Å². The Hall–Kier alpha value is -1.75. The summed E-state index contributed by atoms with van der Waals surface area (Å²) in [6.45, 7) is 3.63. The van der Waals surface area contributed by atoms with Crippen molar-refractivity contribution in [2.75, 3.05) is 36.4 Å². The molecule has 1 unspecified atom stereocenters. The zero-order valence-electron chi connectivity index (χ0n) is 11.0. The molecule has 2 fully saturated rings. The van der Waals surface area contributed by atoms with Gasteiger partial charge in [-0.25, -0.2) is 4.79 Å². The van der Waals surface area contributed by atoms with Gasteiger partial charge in [-0.3, -0.25) is 4.90 Å². The minimum absolute atomic E-state index is 0.00260. The van der Waals surface area contributed by atoms with Crippen molar-refractivity contribution in [3.63, 3.8) is 0 Å². The average molecular weight is 260 g/mol. The zero-order valence-corrected chi connectivity index (χ0v) is 11.0. The Morgan fingerprint density at radius 2 is 2.05 bits per heavy atom. The monoisotopic (exact) mass is 260 g/mol. The first-order valence-corrected chi connectivity index (χ1v) is 6.95. The van der Waals surface area contributed by atoms with Crippen LogP contribution in [0.15, 0.2) is 24.3 Å². The Morgan fingerprint density at radius 3 is 2.68 bits per heavy atom. The molecule has 2 saturated heterocycles. The van der Waals surface area contributed by atoms with E-state index in [2.05, 4.69) is 28.1 Å². The van der Waals surface area contributed by atoms with E-state index in [1.54, 1.807) is 4.90 Å². The van der Waals surface area contributed by atoms with Crippen LogP contribution in [0.2, 0.25) is 0 Å². The molecule has 1 aromatic carbocycles. The van der Waals surface area contributed by atoms with E-state index in [0.29, 0.717) is 6.04 Å². The third-order valence-corrected chi connectivity index (χ3v) is 3.70. The van der Waals surface area contributed by atoms with Crippen molar-refractivity contribution in [1.82, 2.24) is 10.6 Å². The Labute approximate surface area is 113 Å². The molecule has 2 heterocycles. The van der Waals surface area contributed by atoms with Crippen molar-refractivity contribution in [2.45, 2.75) is 18.9 Å². The van der Waals surface area contributed by atoms with Crippen LogP contribution in [0.25, 0.3) is 0 Å². The summed E-state index contributed by atoms with van der Waals surface area (Å²) >= 11 is 0. The van der Waals surface area contributed by atoms with Gasteiger partial charge in [0.05, 0.1) is 0 Å². The molecule has 1 aromatic rings. The van der Waals surface area contributed by atoms with Crippen LogP contribution in [-0.4, -0.2) is 38.3 Å². The Balaban J connectivity index is 1.63. The molecule has 3 N–H and O–H groups in total. The maximum absolute atomic E-state index is 11.6. The minimum atomic E-state index is -0.00260. The summed E-state index contributed by atoms with van der Waals surface area (Å²) in [5.41, 5.74) is 2.08. The summed E-state index contributed by atoms with van der Waals surface area (Å²) < 4.78 is 0. The predicted octanol–water partition coefficient (Wildman–Crippen LogP) is 1.38. The molecule has 0 aromatic heterocycles. The van der Waals surface area contributed by atoms with E-state index < -0.39 is 0 Å². The zero-order chi connectivity index (χ0) is 13.1. The molecule has 3 rings (SSSR count). The Morgan fingerprint density at radius 1 is 1.21 bits per heavy atom. The van der Waals surface area contributed by atoms with E-state index in [-0.39, 0.29) is 6.03 Å². The van der Waals surface area contributed by atoms with Crippen molar-refractivity contribution in [3.05, 3.63) is 24.3 Å². The summed E-state index contributed by atoms with van der Waals surface area (Å²) in [4.78, 5) is 13.3. The lowest BCUT2D eigenvalue weighted by molar-refractivity contribution is 0.252. The minimum Gasteiger partial charge on any atom is -0.381 e. The van der Waals surface area contributed by atoms with Crippen molar-refractivity contribution < 1.29 is 4.79 Å². The van der Waals surface area contributed by atoms with E-state index in [9.17, 15) is 4.79 Å². The van der Waals surface area contributed by atoms with Crippen LogP contribution in [-0.2, 0) is 0 Å². The molecule has 2 aliphatic rings. The van der Waals surface area contributed by atoms with E-state index in [1.165, 1.54) is 12.8 Å². The van der Waals surface area contributed by atoms with Crippen LogP contribution < -0.4 is 20.9 Å². The molecule has 0 radical (unpaired) electrons. The normalized spacial score (nSPS) is 23.3. The number of nitrogens with one attached hydrogen (secondary N) is 3. The van der Waals surface area contributed by atoms with Crippen LogP contribution in [0, 0.1) is 0 Å². The second-order valence-electron chi connectivity index (χ2n) is 5.12. The van der Waals surface area contributed by atoms with Gasteiger partial charge in [0.2, 0.25) is 0 Å². The van der Waals surface area contributed by atoms with Crippen molar-refractivity contribution in [1.29, 1.82) is 0 Å². The van der Waals surface area contributed by atoms with Crippen LogP contribution in [0.3, 0.4) is 0 Å². The van der Waals surface area contributed by atoms with Gasteiger partial charge in [-0.1, -0.05) is 0 Å². The molecule has 19 heavy (non-hydrogen) atoms. The molecule has 0 aliphatic carbocycles. The van der Waals surface area contributed by atoms with E-state index >= 15 is 0 Å². The fourth-order valence-corrected chi connectivity index (χ4v) is 2.67.